The maximum absolute atomic E-state index is 5.50. The molecule has 0 saturated heterocycles. The van der Waals surface area contributed by atoms with Crippen LogP contribution in [0.2, 0.25) is 0 Å². The Balaban J connectivity index is 2.55. The molecule has 1 rings (SSSR count). The molecule has 0 aliphatic carbocycles. The van der Waals surface area contributed by atoms with E-state index in [0.29, 0.717) is 17.4 Å². The molecule has 21 heavy (non-hydrogen) atoms. The van der Waals surface area contributed by atoms with Crippen molar-refractivity contribution in [2.45, 2.75) is 33.1 Å². The van der Waals surface area contributed by atoms with E-state index >= 15 is 0 Å². The first kappa shape index (κ1) is 17.6. The molecule has 0 fully saturated rings. The number of rotatable bonds is 10. The third-order valence-electron chi connectivity index (χ3n) is 3.39. The van der Waals surface area contributed by atoms with Gasteiger partial charge in [-0.1, -0.05) is 19.9 Å². The van der Waals surface area contributed by atoms with Crippen LogP contribution in [0.4, 0.5) is 0 Å². The maximum Gasteiger partial charge on any atom is 0.203 e. The van der Waals surface area contributed by atoms with Gasteiger partial charge in [0.25, 0.3) is 0 Å². The highest BCUT2D eigenvalue weighted by Crippen LogP contribution is 2.40. The molecule has 1 aromatic rings. The van der Waals surface area contributed by atoms with Crippen molar-refractivity contribution in [1.82, 2.24) is 5.32 Å². The highest BCUT2D eigenvalue weighted by atomic mass is 16.5. The molecular formula is C17H29NO3. The summed E-state index contributed by atoms with van der Waals surface area (Å²) < 4.78 is 16.2. The van der Waals surface area contributed by atoms with Gasteiger partial charge in [-0.25, -0.2) is 0 Å². The van der Waals surface area contributed by atoms with Crippen molar-refractivity contribution in [3.8, 4) is 17.2 Å². The van der Waals surface area contributed by atoms with Crippen LogP contribution >= 0.6 is 0 Å². The van der Waals surface area contributed by atoms with Crippen molar-refractivity contribution in [3.05, 3.63) is 17.7 Å². The molecule has 0 aliphatic heterocycles. The van der Waals surface area contributed by atoms with Crippen molar-refractivity contribution in [1.29, 1.82) is 0 Å². The van der Waals surface area contributed by atoms with Crippen molar-refractivity contribution >= 4 is 0 Å². The van der Waals surface area contributed by atoms with Gasteiger partial charge < -0.3 is 19.5 Å². The molecule has 0 saturated carbocycles. The fourth-order valence-electron chi connectivity index (χ4n) is 2.32. The number of aryl methyl sites for hydroxylation is 1. The highest BCUT2D eigenvalue weighted by molar-refractivity contribution is 5.55. The summed E-state index contributed by atoms with van der Waals surface area (Å²) in [4.78, 5) is 0. The van der Waals surface area contributed by atoms with Gasteiger partial charge >= 0.3 is 0 Å². The number of hydrogen-bond acceptors (Lipinski definition) is 4. The molecule has 0 aliphatic rings. The topological polar surface area (TPSA) is 39.7 Å². The Kier molecular flexibility index (Phi) is 7.98. The number of nitrogens with one attached hydrogen (secondary N) is 1. The monoisotopic (exact) mass is 295 g/mol. The number of ether oxygens (including phenoxy) is 3. The minimum absolute atomic E-state index is 0.676. The van der Waals surface area contributed by atoms with Crippen LogP contribution in [-0.2, 0) is 6.42 Å². The van der Waals surface area contributed by atoms with Crippen LogP contribution in [0.15, 0.2) is 12.1 Å². The molecular weight excluding hydrogens is 266 g/mol. The van der Waals surface area contributed by atoms with E-state index in [1.165, 1.54) is 5.56 Å². The fourth-order valence-corrected chi connectivity index (χ4v) is 2.32. The Morgan fingerprint density at radius 2 is 1.67 bits per heavy atom. The summed E-state index contributed by atoms with van der Waals surface area (Å²) in [6, 6.07) is 4.00. The zero-order valence-electron chi connectivity index (χ0n) is 14.0. The van der Waals surface area contributed by atoms with Gasteiger partial charge in [0, 0.05) is 0 Å². The molecule has 0 heterocycles. The third kappa shape index (κ3) is 5.46. The number of benzene rings is 1. The molecule has 0 radical (unpaired) electrons. The maximum atomic E-state index is 5.50. The van der Waals surface area contributed by atoms with Gasteiger partial charge in [-0.2, -0.15) is 0 Å². The lowest BCUT2D eigenvalue weighted by Crippen LogP contribution is -2.20. The Morgan fingerprint density at radius 3 is 2.24 bits per heavy atom. The summed E-state index contributed by atoms with van der Waals surface area (Å²) in [5, 5.41) is 3.46. The lowest BCUT2D eigenvalue weighted by molar-refractivity contribution is 0.322. The van der Waals surface area contributed by atoms with E-state index in [4.69, 9.17) is 14.2 Å². The molecule has 0 aromatic heterocycles. The third-order valence-corrected chi connectivity index (χ3v) is 3.39. The fraction of sp³-hybridized carbons (Fsp3) is 0.647. The number of unbranched alkanes of at least 4 members (excludes halogenated alkanes) is 1. The highest BCUT2D eigenvalue weighted by Gasteiger charge is 2.15. The second-order valence-corrected chi connectivity index (χ2v) is 5.55. The molecule has 0 bridgehead atoms. The second kappa shape index (κ2) is 9.50. The van der Waals surface area contributed by atoms with Gasteiger partial charge in [-0.3, -0.25) is 0 Å². The minimum atomic E-state index is 0.676. The van der Waals surface area contributed by atoms with Crippen LogP contribution in [0.25, 0.3) is 0 Å². The summed E-state index contributed by atoms with van der Waals surface area (Å²) in [6.45, 7) is 6.59. The molecule has 0 atom stereocenters. The van der Waals surface area contributed by atoms with Crippen LogP contribution in [0.5, 0.6) is 17.2 Å². The number of methoxy groups -OCH3 is 3. The van der Waals surface area contributed by atoms with Crippen molar-refractivity contribution in [2.75, 3.05) is 34.4 Å². The lowest BCUT2D eigenvalue weighted by atomic mass is 10.1. The van der Waals surface area contributed by atoms with E-state index < -0.39 is 0 Å². The van der Waals surface area contributed by atoms with E-state index in [1.807, 2.05) is 6.07 Å². The van der Waals surface area contributed by atoms with Gasteiger partial charge in [-0.15, -0.1) is 0 Å². The first-order valence-electron chi connectivity index (χ1n) is 7.62. The molecule has 0 amide bonds. The van der Waals surface area contributed by atoms with Crippen LogP contribution in [0.3, 0.4) is 0 Å². The Labute approximate surface area is 128 Å². The predicted molar refractivity (Wildman–Crippen MR) is 86.7 cm³/mol. The summed E-state index contributed by atoms with van der Waals surface area (Å²) >= 11 is 0. The molecule has 0 unspecified atom stereocenters. The van der Waals surface area contributed by atoms with E-state index in [-0.39, 0.29) is 0 Å². The molecule has 0 spiro atoms. The zero-order chi connectivity index (χ0) is 15.7. The summed E-state index contributed by atoms with van der Waals surface area (Å²) in [6.07, 6.45) is 3.26. The average molecular weight is 295 g/mol. The standard InChI is InChI=1S/C17H29NO3/c1-13(2)12-18-11-7-6-8-14-9-10-15(19-3)17(21-5)16(14)20-4/h9-10,13,18H,6-8,11-12H2,1-5H3. The quantitative estimate of drug-likeness (QED) is 0.672. The Morgan fingerprint density at radius 1 is 0.952 bits per heavy atom. The molecule has 1 N–H and O–H groups in total. The van der Waals surface area contributed by atoms with Crippen molar-refractivity contribution < 1.29 is 14.2 Å². The zero-order valence-corrected chi connectivity index (χ0v) is 14.0. The predicted octanol–water partition coefficient (Wildman–Crippen LogP) is 3.28. The molecule has 4 heteroatoms. The SMILES string of the molecule is COc1ccc(CCCCNCC(C)C)c(OC)c1OC. The molecule has 4 nitrogen and oxygen atoms in total. The smallest absolute Gasteiger partial charge is 0.203 e. The lowest BCUT2D eigenvalue weighted by Gasteiger charge is -2.15. The Hall–Kier alpha value is -1.42. The van der Waals surface area contributed by atoms with E-state index in [1.54, 1.807) is 21.3 Å². The molecule has 1 aromatic carbocycles. The van der Waals surface area contributed by atoms with E-state index in [9.17, 15) is 0 Å². The van der Waals surface area contributed by atoms with E-state index in [0.717, 1.165) is 38.1 Å². The second-order valence-electron chi connectivity index (χ2n) is 5.55. The van der Waals surface area contributed by atoms with Gasteiger partial charge in [-0.05, 0) is 49.9 Å². The van der Waals surface area contributed by atoms with E-state index in [2.05, 4.69) is 25.2 Å². The van der Waals surface area contributed by atoms with Gasteiger partial charge in [0.1, 0.15) is 0 Å². The van der Waals surface area contributed by atoms with Gasteiger partial charge in [0.15, 0.2) is 11.5 Å². The van der Waals surface area contributed by atoms with Crippen molar-refractivity contribution in [2.24, 2.45) is 5.92 Å². The Bertz CT molecular complexity index is 419. The largest absolute Gasteiger partial charge is 0.493 e. The number of hydrogen-bond donors (Lipinski definition) is 1. The summed E-state index contributed by atoms with van der Waals surface area (Å²) in [5.74, 6) is 2.87. The first-order chi connectivity index (χ1) is 10.1. The van der Waals surface area contributed by atoms with Gasteiger partial charge in [0.05, 0.1) is 21.3 Å². The first-order valence-corrected chi connectivity index (χ1v) is 7.62. The normalized spacial score (nSPS) is 10.8. The summed E-state index contributed by atoms with van der Waals surface area (Å²) in [5.41, 5.74) is 1.17. The van der Waals surface area contributed by atoms with Crippen LogP contribution in [0.1, 0.15) is 32.3 Å². The minimum Gasteiger partial charge on any atom is -0.493 e. The average Bonchev–Trinajstić information content (AvgIpc) is 2.49. The molecule has 120 valence electrons. The van der Waals surface area contributed by atoms with Gasteiger partial charge in [0.2, 0.25) is 5.75 Å². The van der Waals surface area contributed by atoms with Crippen molar-refractivity contribution in [3.63, 3.8) is 0 Å². The van der Waals surface area contributed by atoms with Crippen LogP contribution in [-0.4, -0.2) is 34.4 Å². The summed E-state index contributed by atoms with van der Waals surface area (Å²) in [7, 11) is 4.95. The van der Waals surface area contributed by atoms with Crippen LogP contribution in [0, 0.1) is 5.92 Å². The van der Waals surface area contributed by atoms with Crippen LogP contribution < -0.4 is 19.5 Å².